The molecule has 0 radical (unpaired) electrons. The first-order valence-corrected chi connectivity index (χ1v) is 5.95. The minimum absolute atomic E-state index is 0.0533. The predicted octanol–water partition coefficient (Wildman–Crippen LogP) is 3.30. The van der Waals surface area contributed by atoms with E-state index in [1.807, 2.05) is 27.7 Å². The van der Waals surface area contributed by atoms with Crippen molar-refractivity contribution in [2.24, 2.45) is 0 Å². The number of hydrogen-bond acceptors (Lipinski definition) is 2. The van der Waals surface area contributed by atoms with Gasteiger partial charge in [-0.3, -0.25) is 4.79 Å². The van der Waals surface area contributed by atoms with Crippen LogP contribution in [0.15, 0.2) is 16.9 Å². The molecule has 2 aromatic carbocycles. The van der Waals surface area contributed by atoms with Gasteiger partial charge >= 0.3 is 0 Å². The molecule has 0 aliphatic carbocycles. The highest BCUT2D eigenvalue weighted by Crippen LogP contribution is 2.37. The zero-order valence-corrected chi connectivity index (χ0v) is 11.0. The van der Waals surface area contributed by atoms with Crippen LogP contribution in [-0.2, 0) is 0 Å². The Bertz CT molecular complexity index is 546. The zero-order valence-electron chi connectivity index (χ0n) is 11.0. The summed E-state index contributed by atoms with van der Waals surface area (Å²) in [4.78, 5) is 11.7. The fourth-order valence-electron chi connectivity index (χ4n) is 2.30. The van der Waals surface area contributed by atoms with Crippen molar-refractivity contribution in [1.82, 2.24) is 0 Å². The largest absolute Gasteiger partial charge is 0.486 e. The summed E-state index contributed by atoms with van der Waals surface area (Å²) >= 11 is 0. The predicted molar refractivity (Wildman–Crippen MR) is 70.5 cm³/mol. The van der Waals surface area contributed by atoms with E-state index < -0.39 is 0 Å². The van der Waals surface area contributed by atoms with E-state index >= 15 is 0 Å². The summed E-state index contributed by atoms with van der Waals surface area (Å²) in [7, 11) is 0. The Hall–Kier alpha value is -1.57. The van der Waals surface area contributed by atoms with Gasteiger partial charge in [0.2, 0.25) is 5.43 Å². The molecule has 90 valence electrons. The lowest BCUT2D eigenvalue weighted by Gasteiger charge is -2.08. The summed E-state index contributed by atoms with van der Waals surface area (Å²) in [5.41, 5.74) is 5.41. The van der Waals surface area contributed by atoms with Crippen LogP contribution in [0.5, 0.6) is 5.75 Å². The van der Waals surface area contributed by atoms with Crippen molar-refractivity contribution < 1.29 is 4.74 Å². The van der Waals surface area contributed by atoms with Gasteiger partial charge < -0.3 is 4.74 Å². The number of rotatable bonds is 3. The Morgan fingerprint density at radius 3 is 2.00 bits per heavy atom. The van der Waals surface area contributed by atoms with Crippen LogP contribution in [-0.4, -0.2) is 6.10 Å². The number of aryl methyl sites for hydroxylation is 3. The molecule has 0 saturated carbocycles. The lowest BCUT2D eigenvalue weighted by atomic mass is 9.98. The fraction of sp³-hybridized carbons (Fsp3) is 0.400. The molecule has 0 aliphatic heterocycles. The molecule has 0 aromatic heterocycles. The van der Waals surface area contributed by atoms with Gasteiger partial charge in [-0.1, -0.05) is 17.7 Å². The van der Waals surface area contributed by atoms with Crippen molar-refractivity contribution in [1.29, 1.82) is 0 Å². The van der Waals surface area contributed by atoms with Crippen molar-refractivity contribution in [2.75, 3.05) is 0 Å². The molecule has 2 nitrogen and oxygen atoms in total. The Morgan fingerprint density at radius 1 is 1.00 bits per heavy atom. The van der Waals surface area contributed by atoms with Gasteiger partial charge in [-0.15, -0.1) is 0 Å². The van der Waals surface area contributed by atoms with Crippen molar-refractivity contribution in [3.63, 3.8) is 0 Å². The van der Waals surface area contributed by atoms with Gasteiger partial charge in [-0.05, 0) is 51.3 Å². The summed E-state index contributed by atoms with van der Waals surface area (Å²) in [6.07, 6.45) is 0.0533. The third-order valence-electron chi connectivity index (χ3n) is 2.88. The van der Waals surface area contributed by atoms with Crippen LogP contribution >= 0.6 is 0 Å². The third kappa shape index (κ3) is 2.12. The summed E-state index contributed by atoms with van der Waals surface area (Å²) in [5, 5.41) is 0. The molecule has 0 bridgehead atoms. The van der Waals surface area contributed by atoms with E-state index in [-0.39, 0.29) is 11.5 Å². The van der Waals surface area contributed by atoms with Crippen LogP contribution in [0.4, 0.5) is 0 Å². The summed E-state index contributed by atoms with van der Waals surface area (Å²) in [6.45, 7) is 10.0. The highest BCUT2D eigenvalue weighted by atomic mass is 16.5. The van der Waals surface area contributed by atoms with Gasteiger partial charge in [-0.25, -0.2) is 0 Å². The maximum atomic E-state index is 11.7. The number of benzene rings is 1. The monoisotopic (exact) mass is 230 g/mol. The van der Waals surface area contributed by atoms with E-state index in [2.05, 4.69) is 19.1 Å². The molecule has 0 N–H and O–H groups in total. The lowest BCUT2D eigenvalue weighted by Crippen LogP contribution is -2.04. The topological polar surface area (TPSA) is 26.3 Å². The lowest BCUT2D eigenvalue weighted by molar-refractivity contribution is 0.249. The average molecular weight is 230 g/mol. The Balaban J connectivity index is 2.44. The Morgan fingerprint density at radius 2 is 1.53 bits per heavy atom. The molecular weight excluding hydrogens is 212 g/mol. The van der Waals surface area contributed by atoms with E-state index in [0.29, 0.717) is 5.75 Å². The Labute approximate surface area is 102 Å². The molecule has 0 fully saturated rings. The van der Waals surface area contributed by atoms with Crippen molar-refractivity contribution in [3.05, 3.63) is 39.0 Å². The van der Waals surface area contributed by atoms with Gasteiger partial charge in [0.05, 0.1) is 11.7 Å². The molecule has 0 heterocycles. The molecule has 0 atom stereocenters. The average Bonchev–Trinajstić information content (AvgIpc) is 2.75. The zero-order chi connectivity index (χ0) is 12.7. The van der Waals surface area contributed by atoms with E-state index in [0.717, 1.165) is 22.3 Å². The molecule has 0 saturated heterocycles. The van der Waals surface area contributed by atoms with Crippen LogP contribution in [0.25, 0.3) is 11.1 Å². The second-order valence-corrected chi connectivity index (χ2v) is 4.97. The van der Waals surface area contributed by atoms with Gasteiger partial charge in [0, 0.05) is 0 Å². The maximum Gasteiger partial charge on any atom is 0.232 e. The van der Waals surface area contributed by atoms with Crippen LogP contribution in [0.2, 0.25) is 0 Å². The van der Waals surface area contributed by atoms with Crippen molar-refractivity contribution >= 4 is 0 Å². The van der Waals surface area contributed by atoms with E-state index in [1.165, 1.54) is 5.56 Å². The Kier molecular flexibility index (Phi) is 2.82. The standard InChI is InChI=1S/C15H18O2/c1-8(2)17-15-13(14(15)16)12-10(4)6-9(3)7-11(12)5/h6-8H,1-5H3. The maximum absolute atomic E-state index is 11.7. The molecular formula is C15H18O2. The second kappa shape index (κ2) is 4.02. The third-order valence-corrected chi connectivity index (χ3v) is 2.88. The van der Waals surface area contributed by atoms with Crippen molar-refractivity contribution in [3.8, 4) is 16.9 Å². The number of ether oxygens (including phenoxy) is 1. The SMILES string of the molecule is Cc1cc(C)c(-c2c(OC(C)C)c2=O)c(C)c1. The van der Waals surface area contributed by atoms with Crippen LogP contribution in [0.3, 0.4) is 0 Å². The van der Waals surface area contributed by atoms with Gasteiger partial charge in [-0.2, -0.15) is 0 Å². The van der Waals surface area contributed by atoms with Gasteiger partial charge in [0.15, 0.2) is 5.75 Å². The first kappa shape index (κ1) is 11.9. The molecule has 2 rings (SSSR count). The summed E-state index contributed by atoms with van der Waals surface area (Å²) < 4.78 is 5.51. The van der Waals surface area contributed by atoms with Crippen LogP contribution in [0.1, 0.15) is 30.5 Å². The second-order valence-electron chi connectivity index (χ2n) is 4.97. The van der Waals surface area contributed by atoms with E-state index in [9.17, 15) is 4.79 Å². The summed E-state index contributed by atoms with van der Waals surface area (Å²) in [5.74, 6) is 0.551. The highest BCUT2D eigenvalue weighted by molar-refractivity contribution is 5.84. The van der Waals surface area contributed by atoms with Gasteiger partial charge in [0.25, 0.3) is 0 Å². The van der Waals surface area contributed by atoms with Gasteiger partial charge in [0.1, 0.15) is 0 Å². The number of hydrogen-bond donors (Lipinski definition) is 0. The normalized spacial score (nSPS) is 11.4. The first-order chi connectivity index (χ1) is 7.91. The molecule has 2 aromatic rings. The minimum atomic E-state index is 0.0533. The molecule has 0 unspecified atom stereocenters. The molecule has 0 amide bonds. The molecule has 2 heteroatoms. The van der Waals surface area contributed by atoms with Crippen LogP contribution < -0.4 is 10.2 Å². The molecule has 0 spiro atoms. The quantitative estimate of drug-likeness (QED) is 0.808. The van der Waals surface area contributed by atoms with E-state index in [4.69, 9.17) is 4.74 Å². The summed E-state index contributed by atoms with van der Waals surface area (Å²) in [6, 6.07) is 4.21. The highest BCUT2D eigenvalue weighted by Gasteiger charge is 2.29. The van der Waals surface area contributed by atoms with Crippen LogP contribution in [0, 0.1) is 20.8 Å². The molecule has 17 heavy (non-hydrogen) atoms. The van der Waals surface area contributed by atoms with Crippen molar-refractivity contribution in [2.45, 2.75) is 40.7 Å². The molecule has 0 aliphatic rings. The minimum Gasteiger partial charge on any atom is -0.486 e. The smallest absolute Gasteiger partial charge is 0.232 e. The first-order valence-electron chi connectivity index (χ1n) is 5.95. The fourth-order valence-corrected chi connectivity index (χ4v) is 2.30. The van der Waals surface area contributed by atoms with E-state index in [1.54, 1.807) is 0 Å².